The van der Waals surface area contributed by atoms with Gasteiger partial charge in [0.25, 0.3) is 0 Å². The lowest BCUT2D eigenvalue weighted by molar-refractivity contribution is -0.194. The number of rotatable bonds is 8. The van der Waals surface area contributed by atoms with Crippen LogP contribution in [-0.2, 0) is 42.9 Å². The molecule has 4 saturated carbocycles. The highest BCUT2D eigenvalue weighted by Crippen LogP contribution is 2.86. The number of hydrogen-bond acceptors (Lipinski definition) is 10. The fourth-order valence-electron chi connectivity index (χ4n) is 10.9. The maximum Gasteiger partial charge on any atom is 0.308 e. The summed E-state index contributed by atoms with van der Waals surface area (Å²) in [6, 6.07) is 9.48. The van der Waals surface area contributed by atoms with E-state index in [1.165, 1.54) is 20.8 Å². The number of Topliss-reactive ketones (excluding diaryl/α,β-unsaturated/α-hetero) is 1. The molecule has 2 spiro atoms. The van der Waals surface area contributed by atoms with E-state index in [-0.39, 0.29) is 24.7 Å². The van der Waals surface area contributed by atoms with Crippen LogP contribution in [0.3, 0.4) is 0 Å². The molecule has 0 radical (unpaired) electrons. The molecule has 0 saturated heterocycles. The second kappa shape index (κ2) is 11.9. The summed E-state index contributed by atoms with van der Waals surface area (Å²) in [7, 11) is 3.81. The molecule has 0 aromatic heterocycles. The minimum absolute atomic E-state index is 0.0602. The number of nitrogens with zero attached hydrogens (tertiary/aromatic N) is 1. The van der Waals surface area contributed by atoms with Gasteiger partial charge in [-0.25, -0.2) is 0 Å². The molecule has 10 atom stereocenters. The van der Waals surface area contributed by atoms with Crippen LogP contribution in [0, 0.1) is 33.5 Å². The van der Waals surface area contributed by atoms with Gasteiger partial charge in [0.15, 0.2) is 0 Å². The minimum atomic E-state index is -1.27. The van der Waals surface area contributed by atoms with Crippen LogP contribution in [-0.4, -0.2) is 73.1 Å². The monoisotopic (exact) mass is 651 g/mol. The van der Waals surface area contributed by atoms with Crippen molar-refractivity contribution in [1.29, 1.82) is 0 Å². The number of ketones is 1. The first-order valence-corrected chi connectivity index (χ1v) is 16.5. The Morgan fingerprint density at radius 1 is 0.894 bits per heavy atom. The van der Waals surface area contributed by atoms with Gasteiger partial charge in [-0.1, -0.05) is 64.6 Å². The van der Waals surface area contributed by atoms with Crippen molar-refractivity contribution >= 4 is 29.7 Å². The van der Waals surface area contributed by atoms with E-state index in [9.17, 15) is 24.0 Å². The summed E-state index contributed by atoms with van der Waals surface area (Å²) in [6.45, 7) is 16.4. The number of esters is 4. The summed E-state index contributed by atoms with van der Waals surface area (Å²) in [5.74, 6) is -3.34. The summed E-state index contributed by atoms with van der Waals surface area (Å²) in [4.78, 5) is 68.3. The van der Waals surface area contributed by atoms with Crippen molar-refractivity contribution in [3.8, 4) is 0 Å². The van der Waals surface area contributed by atoms with Gasteiger partial charge < -0.3 is 23.8 Å². The molecule has 4 fully saturated rings. The fraction of sp³-hybridized carbons (Fsp3) is 0.649. The zero-order chi connectivity index (χ0) is 34.9. The number of carbonyl (C=O) groups is 5. The zero-order valence-corrected chi connectivity index (χ0v) is 29.1. The molecule has 0 amide bonds. The SMILES string of the molecule is C=C1[C@@H](OC(=O)CC(c2ccccc2)N(C)C)CC[C@@]2(C)[C@@H](OC(C)=O)[C@H](OC(C)=O)[C@@]34[C@H](C)C(=O)C[C@@H]([C@@H](OC(C)=O)C132)C4(C)C. The smallest absolute Gasteiger partial charge is 0.308 e. The Balaban J connectivity index is 1.69. The van der Waals surface area contributed by atoms with Gasteiger partial charge in [0.2, 0.25) is 0 Å². The Labute approximate surface area is 277 Å². The molecular weight excluding hydrogens is 602 g/mol. The van der Waals surface area contributed by atoms with Gasteiger partial charge in [0.1, 0.15) is 30.2 Å². The van der Waals surface area contributed by atoms with Crippen molar-refractivity contribution in [2.24, 2.45) is 33.5 Å². The van der Waals surface area contributed by atoms with Gasteiger partial charge in [0, 0.05) is 55.9 Å². The van der Waals surface area contributed by atoms with Crippen molar-refractivity contribution in [2.75, 3.05) is 14.1 Å². The molecule has 4 aliphatic rings. The van der Waals surface area contributed by atoms with Crippen molar-refractivity contribution in [1.82, 2.24) is 4.90 Å². The molecule has 256 valence electrons. The van der Waals surface area contributed by atoms with Crippen LogP contribution < -0.4 is 0 Å². The highest BCUT2D eigenvalue weighted by molar-refractivity contribution is 5.86. The van der Waals surface area contributed by atoms with Crippen LogP contribution in [0.15, 0.2) is 42.5 Å². The Kier molecular flexibility index (Phi) is 8.78. The first kappa shape index (κ1) is 34.8. The standard InChI is InChI=1S/C37H49NO9/c1-20-28(42)18-26-31(44-22(3)39)37-21(2)29(47-30(43)19-27(38(9)10)25-14-12-11-13-15-25)16-17-35(37,8)32(45-23(4)40)33(46-24(5)41)36(20,37)34(26,6)7/h11-15,20,26-27,29,31-33H,2,16-19H2,1,3-10H3/t20-,26+,27?,29+,31-,32+,33+,35+,36-,37?/m1/s1. The number of fused-ring (bicyclic) bond motifs is 1. The molecule has 10 heteroatoms. The van der Waals surface area contributed by atoms with Crippen LogP contribution >= 0.6 is 0 Å². The molecule has 1 aromatic carbocycles. The van der Waals surface area contributed by atoms with Gasteiger partial charge >= 0.3 is 23.9 Å². The lowest BCUT2D eigenvalue weighted by Gasteiger charge is -2.60. The predicted octanol–water partition coefficient (Wildman–Crippen LogP) is 4.99. The third-order valence-electron chi connectivity index (χ3n) is 12.4. The van der Waals surface area contributed by atoms with E-state index < -0.39 is 81.8 Å². The maximum absolute atomic E-state index is 14.0. The summed E-state index contributed by atoms with van der Waals surface area (Å²) in [6.07, 6.45) is -2.79. The first-order valence-electron chi connectivity index (χ1n) is 16.5. The fourth-order valence-corrected chi connectivity index (χ4v) is 10.9. The van der Waals surface area contributed by atoms with Gasteiger partial charge in [0.05, 0.1) is 11.8 Å². The van der Waals surface area contributed by atoms with Gasteiger partial charge in [-0.3, -0.25) is 24.0 Å². The van der Waals surface area contributed by atoms with Crippen molar-refractivity contribution in [3.63, 3.8) is 0 Å². The highest BCUT2D eigenvalue weighted by Gasteiger charge is 2.92. The number of benzene rings is 1. The lowest BCUT2D eigenvalue weighted by atomic mass is 9.42. The predicted molar refractivity (Wildman–Crippen MR) is 171 cm³/mol. The summed E-state index contributed by atoms with van der Waals surface area (Å²) >= 11 is 0. The van der Waals surface area contributed by atoms with E-state index >= 15 is 0 Å². The molecule has 47 heavy (non-hydrogen) atoms. The largest absolute Gasteiger partial charge is 0.461 e. The molecule has 0 aliphatic heterocycles. The van der Waals surface area contributed by atoms with E-state index in [0.717, 1.165) is 5.56 Å². The second-order valence-corrected chi connectivity index (χ2v) is 15.0. The topological polar surface area (TPSA) is 126 Å². The van der Waals surface area contributed by atoms with Crippen LogP contribution in [0.2, 0.25) is 0 Å². The average Bonchev–Trinajstić information content (AvgIpc) is 3.22. The van der Waals surface area contributed by atoms with E-state index in [2.05, 4.69) is 6.58 Å². The lowest BCUT2D eigenvalue weighted by Crippen LogP contribution is -2.63. The second-order valence-electron chi connectivity index (χ2n) is 15.0. The Hall–Kier alpha value is -3.53. The van der Waals surface area contributed by atoms with Crippen LogP contribution in [0.4, 0.5) is 0 Å². The summed E-state index contributed by atoms with van der Waals surface area (Å²) in [5.41, 5.74) is -2.82. The quantitative estimate of drug-likeness (QED) is 0.216. The Morgan fingerprint density at radius 2 is 1.45 bits per heavy atom. The van der Waals surface area contributed by atoms with Crippen LogP contribution in [0.5, 0.6) is 0 Å². The Bertz CT molecular complexity index is 1490. The summed E-state index contributed by atoms with van der Waals surface area (Å²) < 4.78 is 24.9. The van der Waals surface area contributed by atoms with E-state index in [1.54, 1.807) is 0 Å². The third kappa shape index (κ3) is 4.71. The van der Waals surface area contributed by atoms with Gasteiger partial charge in [-0.05, 0) is 43.5 Å². The van der Waals surface area contributed by atoms with E-state index in [0.29, 0.717) is 18.4 Å². The van der Waals surface area contributed by atoms with Crippen LogP contribution in [0.25, 0.3) is 0 Å². The molecule has 1 aromatic rings. The summed E-state index contributed by atoms with van der Waals surface area (Å²) in [5, 5.41) is 0. The Morgan fingerprint density at radius 3 is 2.00 bits per heavy atom. The molecular formula is C37H49NO9. The van der Waals surface area contributed by atoms with Crippen LogP contribution in [0.1, 0.15) is 85.8 Å². The van der Waals surface area contributed by atoms with Crippen molar-refractivity contribution < 1.29 is 42.9 Å². The minimum Gasteiger partial charge on any atom is -0.461 e. The molecule has 0 heterocycles. The van der Waals surface area contributed by atoms with Crippen molar-refractivity contribution in [3.05, 3.63) is 48.0 Å². The molecule has 2 bridgehead atoms. The maximum atomic E-state index is 14.0. The molecule has 2 unspecified atom stereocenters. The third-order valence-corrected chi connectivity index (χ3v) is 12.4. The molecule has 10 nitrogen and oxygen atoms in total. The normalized spacial score (nSPS) is 37.4. The van der Waals surface area contributed by atoms with Gasteiger partial charge in [-0.2, -0.15) is 0 Å². The number of carbonyl (C=O) groups excluding carboxylic acids is 5. The van der Waals surface area contributed by atoms with Crippen molar-refractivity contribution in [2.45, 2.75) is 105 Å². The van der Waals surface area contributed by atoms with E-state index in [1.807, 2.05) is 77.0 Å². The number of hydrogen-bond donors (Lipinski definition) is 0. The zero-order valence-electron chi connectivity index (χ0n) is 29.1. The molecule has 0 N–H and O–H groups in total. The average molecular weight is 652 g/mol. The molecule has 5 rings (SSSR count). The van der Waals surface area contributed by atoms with Gasteiger partial charge in [-0.15, -0.1) is 0 Å². The highest BCUT2D eigenvalue weighted by atomic mass is 16.6. The number of ether oxygens (including phenoxy) is 4. The molecule has 4 aliphatic carbocycles. The van der Waals surface area contributed by atoms with E-state index in [4.69, 9.17) is 18.9 Å². The first-order chi connectivity index (χ1) is 21.9.